The Morgan fingerprint density at radius 3 is 2.62 bits per heavy atom. The number of hydrogen-bond donors (Lipinski definition) is 3. The second kappa shape index (κ2) is 9.89. The summed E-state index contributed by atoms with van der Waals surface area (Å²) in [4.78, 5) is 21.3. The first kappa shape index (κ1) is 21.9. The van der Waals surface area contributed by atoms with E-state index in [-0.39, 0.29) is 11.9 Å². The summed E-state index contributed by atoms with van der Waals surface area (Å²) in [6, 6.07) is 28.0. The third kappa shape index (κ3) is 4.85. The van der Waals surface area contributed by atoms with Crippen molar-refractivity contribution >= 4 is 27.7 Å². The lowest BCUT2D eigenvalue weighted by atomic mass is 10.0. The quantitative estimate of drug-likeness (QED) is 0.302. The first-order chi connectivity index (χ1) is 16.7. The molecule has 0 aliphatic rings. The fraction of sp³-hybridized carbons (Fsp3) is 0.172. The lowest BCUT2D eigenvalue weighted by Gasteiger charge is -2.22. The number of aromatic nitrogens is 2. The molecule has 3 N–H and O–H groups in total. The Hall–Kier alpha value is -3.96. The number of para-hydroxylation sites is 2. The van der Waals surface area contributed by atoms with Crippen LogP contribution < -0.4 is 10.6 Å². The Bertz CT molecular complexity index is 1410. The molecule has 0 aliphatic carbocycles. The number of pyridine rings is 1. The van der Waals surface area contributed by atoms with Crippen molar-refractivity contribution in [1.82, 2.24) is 20.6 Å². The molecule has 5 rings (SSSR count). The van der Waals surface area contributed by atoms with Crippen LogP contribution in [0.4, 0.5) is 0 Å². The number of carbonyl (C=O) groups is 1. The molecule has 0 aliphatic heterocycles. The van der Waals surface area contributed by atoms with Gasteiger partial charge in [-0.15, -0.1) is 0 Å². The zero-order valence-electron chi connectivity index (χ0n) is 19.2. The lowest BCUT2D eigenvalue weighted by Crippen LogP contribution is -2.46. The second-order valence-electron chi connectivity index (χ2n) is 8.67. The number of aromatic amines is 1. The Labute approximate surface area is 199 Å². The molecule has 5 heteroatoms. The molecule has 170 valence electrons. The third-order valence-corrected chi connectivity index (χ3v) is 6.27. The monoisotopic (exact) mass is 448 g/mol. The summed E-state index contributed by atoms with van der Waals surface area (Å²) in [7, 11) is 0. The molecule has 0 spiro atoms. The summed E-state index contributed by atoms with van der Waals surface area (Å²) in [5, 5.41) is 8.93. The first-order valence-electron chi connectivity index (χ1n) is 11.6. The van der Waals surface area contributed by atoms with E-state index in [1.165, 1.54) is 0 Å². The number of carbonyl (C=O) groups excluding carboxylic acids is 1. The van der Waals surface area contributed by atoms with E-state index in [0.717, 1.165) is 38.5 Å². The smallest absolute Gasteiger partial charge is 0.237 e. The number of benzene rings is 3. The molecule has 34 heavy (non-hydrogen) atoms. The van der Waals surface area contributed by atoms with Crippen molar-refractivity contribution in [2.45, 2.75) is 32.0 Å². The maximum Gasteiger partial charge on any atom is 0.237 e. The molecule has 2 heterocycles. The van der Waals surface area contributed by atoms with Gasteiger partial charge < -0.3 is 15.6 Å². The minimum absolute atomic E-state index is 0.0182. The van der Waals surface area contributed by atoms with Gasteiger partial charge in [0.1, 0.15) is 0 Å². The molecule has 2 aromatic heterocycles. The average molecular weight is 449 g/mol. The predicted octanol–water partition coefficient (Wildman–Crippen LogP) is 5.29. The van der Waals surface area contributed by atoms with Gasteiger partial charge in [-0.2, -0.15) is 0 Å². The molecule has 0 fully saturated rings. The van der Waals surface area contributed by atoms with Crippen molar-refractivity contribution in [3.8, 4) is 0 Å². The SMILES string of the molecule is CC(NC(=O)C(Cc1c[nH]c2ccccc12)NCc1cnc2ccccc2c1)c1ccccc1. The van der Waals surface area contributed by atoms with Gasteiger partial charge in [0, 0.05) is 35.2 Å². The highest BCUT2D eigenvalue weighted by molar-refractivity contribution is 5.86. The molecule has 2 atom stereocenters. The summed E-state index contributed by atoms with van der Waals surface area (Å²) in [5.74, 6) is -0.0182. The fourth-order valence-electron chi connectivity index (χ4n) is 4.37. The van der Waals surface area contributed by atoms with Crippen molar-refractivity contribution in [2.24, 2.45) is 0 Å². The summed E-state index contributed by atoms with van der Waals surface area (Å²) in [6.45, 7) is 2.57. The molecular formula is C29H28N4O. The molecule has 2 unspecified atom stereocenters. The van der Waals surface area contributed by atoms with Crippen LogP contribution in [0.2, 0.25) is 0 Å². The molecule has 0 bridgehead atoms. The molecule has 1 amide bonds. The van der Waals surface area contributed by atoms with Crippen LogP contribution >= 0.6 is 0 Å². The van der Waals surface area contributed by atoms with Gasteiger partial charge in [-0.25, -0.2) is 0 Å². The Balaban J connectivity index is 1.36. The van der Waals surface area contributed by atoms with Crippen molar-refractivity contribution < 1.29 is 4.79 Å². The van der Waals surface area contributed by atoms with Gasteiger partial charge in [0.15, 0.2) is 0 Å². The van der Waals surface area contributed by atoms with Crippen LogP contribution in [0, 0.1) is 0 Å². The fourth-order valence-corrected chi connectivity index (χ4v) is 4.37. The van der Waals surface area contributed by atoms with Crippen LogP contribution in [0.5, 0.6) is 0 Å². The van der Waals surface area contributed by atoms with Gasteiger partial charge in [-0.05, 0) is 48.2 Å². The molecule has 3 aromatic carbocycles. The Kier molecular flexibility index (Phi) is 6.36. The minimum Gasteiger partial charge on any atom is -0.361 e. The van der Waals surface area contributed by atoms with E-state index >= 15 is 0 Å². The van der Waals surface area contributed by atoms with Crippen molar-refractivity contribution in [2.75, 3.05) is 0 Å². The standard InChI is InChI=1S/C29H28N4O/c1-20(22-9-3-2-4-10-22)33-29(34)28(16-24-19-32-27-14-8-6-12-25(24)27)31-18-21-15-23-11-5-7-13-26(23)30-17-21/h2-15,17,19-20,28,31-32H,16,18H2,1H3,(H,33,34). The highest BCUT2D eigenvalue weighted by Gasteiger charge is 2.22. The minimum atomic E-state index is -0.392. The first-order valence-corrected chi connectivity index (χ1v) is 11.6. The lowest BCUT2D eigenvalue weighted by molar-refractivity contribution is -0.123. The van der Waals surface area contributed by atoms with Gasteiger partial charge in [-0.3, -0.25) is 9.78 Å². The largest absolute Gasteiger partial charge is 0.361 e. The van der Waals surface area contributed by atoms with Crippen LogP contribution in [0.3, 0.4) is 0 Å². The molecular weight excluding hydrogens is 420 g/mol. The van der Waals surface area contributed by atoms with E-state index in [1.807, 2.05) is 80.0 Å². The number of nitrogens with one attached hydrogen (secondary N) is 3. The number of amides is 1. The molecule has 5 nitrogen and oxygen atoms in total. The molecule has 0 radical (unpaired) electrons. The number of rotatable bonds is 8. The van der Waals surface area contributed by atoms with Gasteiger partial charge in [0.25, 0.3) is 0 Å². The van der Waals surface area contributed by atoms with Crippen LogP contribution in [-0.4, -0.2) is 21.9 Å². The van der Waals surface area contributed by atoms with Gasteiger partial charge in [0.05, 0.1) is 17.6 Å². The summed E-state index contributed by atoms with van der Waals surface area (Å²) < 4.78 is 0. The van der Waals surface area contributed by atoms with Crippen molar-refractivity contribution in [3.05, 3.63) is 114 Å². The second-order valence-corrected chi connectivity index (χ2v) is 8.67. The van der Waals surface area contributed by atoms with Crippen molar-refractivity contribution in [3.63, 3.8) is 0 Å². The predicted molar refractivity (Wildman–Crippen MR) is 137 cm³/mol. The van der Waals surface area contributed by atoms with Crippen LogP contribution in [-0.2, 0) is 17.8 Å². The van der Waals surface area contributed by atoms with E-state index in [9.17, 15) is 4.79 Å². The highest BCUT2D eigenvalue weighted by atomic mass is 16.2. The number of nitrogens with zero attached hydrogens (tertiary/aromatic N) is 1. The topological polar surface area (TPSA) is 69.8 Å². The Morgan fingerprint density at radius 2 is 1.74 bits per heavy atom. The zero-order chi connectivity index (χ0) is 23.3. The number of H-pyrrole nitrogens is 1. The summed E-state index contributed by atoms with van der Waals surface area (Å²) >= 11 is 0. The maximum atomic E-state index is 13.4. The zero-order valence-corrected chi connectivity index (χ0v) is 19.2. The Morgan fingerprint density at radius 1 is 0.971 bits per heavy atom. The van der Waals surface area contributed by atoms with E-state index in [1.54, 1.807) is 0 Å². The highest BCUT2D eigenvalue weighted by Crippen LogP contribution is 2.20. The van der Waals surface area contributed by atoms with Gasteiger partial charge in [-0.1, -0.05) is 66.7 Å². The van der Waals surface area contributed by atoms with E-state index in [4.69, 9.17) is 0 Å². The van der Waals surface area contributed by atoms with Gasteiger partial charge >= 0.3 is 0 Å². The van der Waals surface area contributed by atoms with Crippen LogP contribution in [0.25, 0.3) is 21.8 Å². The van der Waals surface area contributed by atoms with Crippen LogP contribution in [0.1, 0.15) is 29.7 Å². The van der Waals surface area contributed by atoms with Crippen molar-refractivity contribution in [1.29, 1.82) is 0 Å². The normalized spacial score (nSPS) is 13.1. The van der Waals surface area contributed by atoms with Gasteiger partial charge in [0.2, 0.25) is 5.91 Å². The molecule has 0 saturated carbocycles. The number of hydrogen-bond acceptors (Lipinski definition) is 3. The third-order valence-electron chi connectivity index (χ3n) is 6.27. The maximum absolute atomic E-state index is 13.4. The van der Waals surface area contributed by atoms with E-state index in [2.05, 4.69) is 44.9 Å². The average Bonchev–Trinajstić information content (AvgIpc) is 3.29. The molecule has 5 aromatic rings. The van der Waals surface area contributed by atoms with Crippen LogP contribution in [0.15, 0.2) is 97.3 Å². The summed E-state index contributed by atoms with van der Waals surface area (Å²) in [6.07, 6.45) is 4.46. The molecule has 0 saturated heterocycles. The summed E-state index contributed by atoms with van der Waals surface area (Å²) in [5.41, 5.74) is 5.29. The number of fused-ring (bicyclic) bond motifs is 2. The van der Waals surface area contributed by atoms with E-state index < -0.39 is 6.04 Å². The van der Waals surface area contributed by atoms with E-state index in [0.29, 0.717) is 13.0 Å².